The van der Waals surface area contributed by atoms with Crippen LogP contribution in [0.25, 0.3) is 0 Å². The fourth-order valence-electron chi connectivity index (χ4n) is 1.35. The van der Waals surface area contributed by atoms with Gasteiger partial charge in [0.2, 0.25) is 0 Å². The Morgan fingerprint density at radius 1 is 1.56 bits per heavy atom. The van der Waals surface area contributed by atoms with Gasteiger partial charge in [-0.2, -0.15) is 0 Å². The van der Waals surface area contributed by atoms with Gasteiger partial charge < -0.3 is 9.88 Å². The Kier molecular flexibility index (Phi) is 4.68. The second kappa shape index (κ2) is 5.80. The van der Waals surface area contributed by atoms with Crippen molar-refractivity contribution in [3.63, 3.8) is 0 Å². The molecular weight excluding hydrogens is 220 g/mol. The van der Waals surface area contributed by atoms with Gasteiger partial charge in [-0.25, -0.2) is 0 Å². The molecule has 0 saturated heterocycles. The number of amides is 1. The highest BCUT2D eigenvalue weighted by molar-refractivity contribution is 7.71. The van der Waals surface area contributed by atoms with E-state index in [0.29, 0.717) is 16.1 Å². The van der Waals surface area contributed by atoms with Crippen LogP contribution in [0.4, 0.5) is 0 Å². The van der Waals surface area contributed by atoms with E-state index in [1.807, 2.05) is 7.05 Å². The second-order valence-electron chi connectivity index (χ2n) is 4.32. The maximum absolute atomic E-state index is 12.0. The molecule has 1 rings (SSSR count). The summed E-state index contributed by atoms with van der Waals surface area (Å²) < 4.78 is 0.504. The molecule has 1 amide bonds. The van der Waals surface area contributed by atoms with Crippen LogP contribution < -0.4 is 0 Å². The van der Waals surface area contributed by atoms with Gasteiger partial charge >= 0.3 is 0 Å². The fourth-order valence-corrected chi connectivity index (χ4v) is 1.57. The van der Waals surface area contributed by atoms with Crippen molar-refractivity contribution in [2.45, 2.75) is 20.3 Å². The van der Waals surface area contributed by atoms with E-state index in [1.165, 1.54) is 0 Å². The fraction of sp³-hybridized carbons (Fsp3) is 0.500. The lowest BCUT2D eigenvalue weighted by Gasteiger charge is -2.18. The summed E-state index contributed by atoms with van der Waals surface area (Å²) in [6, 6.07) is 3.55. The molecule has 4 heteroatoms. The van der Waals surface area contributed by atoms with Crippen LogP contribution >= 0.6 is 12.2 Å². The number of hydrogen-bond acceptors (Lipinski definition) is 2. The monoisotopic (exact) mass is 238 g/mol. The molecule has 0 atom stereocenters. The van der Waals surface area contributed by atoms with E-state index in [-0.39, 0.29) is 5.91 Å². The molecule has 0 unspecified atom stereocenters. The van der Waals surface area contributed by atoms with Crippen LogP contribution in [0, 0.1) is 10.6 Å². The van der Waals surface area contributed by atoms with Gasteiger partial charge in [0.05, 0.1) is 5.56 Å². The first kappa shape index (κ1) is 12.9. The predicted octanol–water partition coefficient (Wildman–Crippen LogP) is 2.86. The highest BCUT2D eigenvalue weighted by Crippen LogP contribution is 2.06. The number of hydrogen-bond donors (Lipinski definition) is 1. The van der Waals surface area contributed by atoms with E-state index >= 15 is 0 Å². The Morgan fingerprint density at radius 3 is 2.81 bits per heavy atom. The molecule has 0 fully saturated rings. The Labute approximate surface area is 101 Å². The molecule has 16 heavy (non-hydrogen) atoms. The van der Waals surface area contributed by atoms with Gasteiger partial charge in [0.25, 0.3) is 5.91 Å². The molecule has 0 bridgehead atoms. The van der Waals surface area contributed by atoms with Crippen LogP contribution in [0.5, 0.6) is 0 Å². The maximum atomic E-state index is 12.0. The van der Waals surface area contributed by atoms with Crippen LogP contribution in [-0.2, 0) is 0 Å². The molecule has 1 aromatic rings. The molecule has 1 aromatic heterocycles. The highest BCUT2D eigenvalue weighted by Gasteiger charge is 2.12. The Hall–Kier alpha value is -1.16. The second-order valence-corrected chi connectivity index (χ2v) is 4.73. The van der Waals surface area contributed by atoms with E-state index in [2.05, 4.69) is 18.8 Å². The number of aromatic nitrogens is 1. The minimum atomic E-state index is -0.0116. The lowest BCUT2D eigenvalue weighted by atomic mass is 10.1. The third-order valence-corrected chi connectivity index (χ3v) is 2.77. The van der Waals surface area contributed by atoms with Crippen molar-refractivity contribution in [1.82, 2.24) is 9.88 Å². The quantitative estimate of drug-likeness (QED) is 0.819. The zero-order chi connectivity index (χ0) is 12.1. The molecule has 0 spiro atoms. The Bertz CT molecular complexity index is 411. The Morgan fingerprint density at radius 2 is 2.25 bits per heavy atom. The van der Waals surface area contributed by atoms with Crippen molar-refractivity contribution >= 4 is 18.1 Å². The topological polar surface area (TPSA) is 36.1 Å². The molecule has 3 nitrogen and oxygen atoms in total. The first-order valence-corrected chi connectivity index (χ1v) is 5.86. The molecule has 0 aliphatic rings. The Balaban J connectivity index is 2.71. The van der Waals surface area contributed by atoms with E-state index in [4.69, 9.17) is 12.2 Å². The molecule has 0 aliphatic carbocycles. The van der Waals surface area contributed by atoms with Crippen LogP contribution in [0.2, 0.25) is 0 Å². The number of carbonyl (C=O) groups is 1. The summed E-state index contributed by atoms with van der Waals surface area (Å²) in [5.41, 5.74) is 0.573. The molecule has 88 valence electrons. The highest BCUT2D eigenvalue weighted by atomic mass is 32.1. The van der Waals surface area contributed by atoms with Gasteiger partial charge in [-0.1, -0.05) is 26.1 Å². The summed E-state index contributed by atoms with van der Waals surface area (Å²) >= 11 is 5.08. The minimum Gasteiger partial charge on any atom is -0.352 e. The maximum Gasteiger partial charge on any atom is 0.256 e. The largest absolute Gasteiger partial charge is 0.352 e. The lowest BCUT2D eigenvalue weighted by molar-refractivity contribution is 0.0788. The summed E-state index contributed by atoms with van der Waals surface area (Å²) in [6.45, 7) is 5.06. The number of nitrogens with one attached hydrogen (secondary N) is 1. The van der Waals surface area contributed by atoms with Crippen LogP contribution in [0.1, 0.15) is 30.6 Å². The van der Waals surface area contributed by atoms with Crippen molar-refractivity contribution in [3.8, 4) is 0 Å². The average Bonchev–Trinajstić information content (AvgIpc) is 2.25. The van der Waals surface area contributed by atoms with Crippen LogP contribution in [0.15, 0.2) is 18.3 Å². The van der Waals surface area contributed by atoms with Crippen LogP contribution in [0.3, 0.4) is 0 Å². The van der Waals surface area contributed by atoms with E-state index < -0.39 is 0 Å². The number of rotatable bonds is 4. The first-order chi connectivity index (χ1) is 7.52. The molecule has 0 saturated carbocycles. The summed E-state index contributed by atoms with van der Waals surface area (Å²) in [5.74, 6) is 0.586. The zero-order valence-electron chi connectivity index (χ0n) is 9.99. The third-order valence-electron chi connectivity index (χ3n) is 2.44. The number of nitrogens with zero attached hydrogens (tertiary/aromatic N) is 1. The van der Waals surface area contributed by atoms with Crippen molar-refractivity contribution in [3.05, 3.63) is 28.5 Å². The van der Waals surface area contributed by atoms with Gasteiger partial charge in [-0.05, 0) is 24.5 Å². The summed E-state index contributed by atoms with van der Waals surface area (Å²) in [6.07, 6.45) is 2.73. The molecule has 1 N–H and O–H groups in total. The predicted molar refractivity (Wildman–Crippen MR) is 68.0 cm³/mol. The SMILES string of the molecule is CC(C)CCN(C)C(=O)c1ccc[nH]c1=S. The first-order valence-electron chi connectivity index (χ1n) is 5.45. The molecule has 0 aromatic carbocycles. The minimum absolute atomic E-state index is 0.0116. The number of aromatic amines is 1. The summed E-state index contributed by atoms with van der Waals surface area (Å²) in [7, 11) is 1.81. The van der Waals surface area contributed by atoms with Gasteiger partial charge in [0.15, 0.2) is 0 Å². The number of pyridine rings is 1. The van der Waals surface area contributed by atoms with E-state index in [1.54, 1.807) is 23.2 Å². The summed E-state index contributed by atoms with van der Waals surface area (Å²) in [5, 5.41) is 0. The van der Waals surface area contributed by atoms with Gasteiger partial charge in [0, 0.05) is 19.8 Å². The molecule has 0 radical (unpaired) electrons. The van der Waals surface area contributed by atoms with Crippen molar-refractivity contribution < 1.29 is 4.79 Å². The van der Waals surface area contributed by atoms with E-state index in [9.17, 15) is 4.79 Å². The lowest BCUT2D eigenvalue weighted by Crippen LogP contribution is -2.28. The molecular formula is C12H18N2OS. The van der Waals surface area contributed by atoms with E-state index in [0.717, 1.165) is 13.0 Å². The molecule has 0 aliphatic heterocycles. The zero-order valence-corrected chi connectivity index (χ0v) is 10.8. The van der Waals surface area contributed by atoms with Crippen molar-refractivity contribution in [2.75, 3.05) is 13.6 Å². The van der Waals surface area contributed by atoms with Crippen molar-refractivity contribution in [1.29, 1.82) is 0 Å². The van der Waals surface area contributed by atoms with Gasteiger partial charge in [-0.15, -0.1) is 0 Å². The third kappa shape index (κ3) is 3.45. The normalized spacial score (nSPS) is 10.5. The molecule has 1 heterocycles. The smallest absolute Gasteiger partial charge is 0.256 e. The number of H-pyrrole nitrogens is 1. The average molecular weight is 238 g/mol. The standard InChI is InChI=1S/C12H18N2OS/c1-9(2)6-8-14(3)12(15)10-5-4-7-13-11(10)16/h4-5,7,9H,6,8H2,1-3H3,(H,13,16). The number of carbonyl (C=O) groups excluding carboxylic acids is 1. The van der Waals surface area contributed by atoms with Gasteiger partial charge in [0.1, 0.15) is 4.64 Å². The van der Waals surface area contributed by atoms with Crippen molar-refractivity contribution in [2.24, 2.45) is 5.92 Å². The van der Waals surface area contributed by atoms with Gasteiger partial charge in [-0.3, -0.25) is 4.79 Å². The summed E-state index contributed by atoms with van der Waals surface area (Å²) in [4.78, 5) is 16.6. The van der Waals surface area contributed by atoms with Crippen LogP contribution in [-0.4, -0.2) is 29.4 Å².